The molecule has 0 bridgehead atoms. The molecular weight excluding hydrogens is 298 g/mol. The third-order valence-corrected chi connectivity index (χ3v) is 3.87. The number of benzene rings is 2. The van der Waals surface area contributed by atoms with Gasteiger partial charge in [0, 0.05) is 22.5 Å². The molecule has 1 aromatic heterocycles. The summed E-state index contributed by atoms with van der Waals surface area (Å²) >= 11 is 5.88. The maximum atomic E-state index is 9.72. The number of halogens is 1. The fraction of sp³-hybridized carbons (Fsp3) is 0.222. The maximum Gasteiger partial charge on any atom is 0.128 e. The van der Waals surface area contributed by atoms with Crippen LogP contribution in [0.3, 0.4) is 0 Å². The van der Waals surface area contributed by atoms with Crippen LogP contribution in [-0.4, -0.2) is 9.67 Å². The number of ether oxygens (including phenoxy) is 1. The molecule has 1 heterocycles. The van der Waals surface area contributed by atoms with E-state index in [9.17, 15) is 5.11 Å². The van der Waals surface area contributed by atoms with Crippen molar-refractivity contribution in [3.63, 3.8) is 0 Å². The highest BCUT2D eigenvalue weighted by Gasteiger charge is 2.12. The molecule has 22 heavy (non-hydrogen) atoms. The first kappa shape index (κ1) is 14.8. The van der Waals surface area contributed by atoms with Gasteiger partial charge in [0.1, 0.15) is 18.1 Å². The summed E-state index contributed by atoms with van der Waals surface area (Å²) in [6.07, 6.45) is 0. The van der Waals surface area contributed by atoms with Crippen LogP contribution in [0.15, 0.2) is 48.5 Å². The van der Waals surface area contributed by atoms with Crippen molar-refractivity contribution in [3.8, 4) is 11.5 Å². The number of aromatic nitrogens is 1. The number of nitrogens with zero attached hydrogens (tertiary/aromatic N) is 1. The molecule has 0 fully saturated rings. The summed E-state index contributed by atoms with van der Waals surface area (Å²) in [6.45, 7) is 4.71. The molecule has 0 radical (unpaired) electrons. The van der Waals surface area contributed by atoms with Crippen molar-refractivity contribution >= 4 is 22.5 Å². The second-order valence-corrected chi connectivity index (χ2v) is 6.02. The molecule has 0 spiro atoms. The molecule has 0 saturated carbocycles. The maximum absolute atomic E-state index is 9.72. The molecule has 0 amide bonds. The van der Waals surface area contributed by atoms with E-state index in [1.165, 1.54) is 0 Å². The fourth-order valence-corrected chi connectivity index (χ4v) is 2.80. The van der Waals surface area contributed by atoms with Gasteiger partial charge in [0.25, 0.3) is 0 Å². The van der Waals surface area contributed by atoms with Crippen LogP contribution in [0.1, 0.15) is 25.6 Å². The van der Waals surface area contributed by atoms with Gasteiger partial charge in [-0.15, -0.1) is 0 Å². The molecule has 0 aliphatic carbocycles. The number of rotatable bonds is 4. The molecule has 3 aromatic rings. The van der Waals surface area contributed by atoms with Crippen LogP contribution in [0.2, 0.25) is 5.02 Å². The van der Waals surface area contributed by atoms with E-state index in [0.717, 1.165) is 22.3 Å². The van der Waals surface area contributed by atoms with E-state index in [0.29, 0.717) is 11.6 Å². The van der Waals surface area contributed by atoms with Gasteiger partial charge in [-0.1, -0.05) is 11.6 Å². The van der Waals surface area contributed by atoms with Crippen LogP contribution in [0.25, 0.3) is 10.9 Å². The Morgan fingerprint density at radius 3 is 2.50 bits per heavy atom. The van der Waals surface area contributed by atoms with Crippen molar-refractivity contribution in [2.24, 2.45) is 0 Å². The highest BCUT2D eigenvalue weighted by atomic mass is 35.5. The number of phenols is 1. The number of aromatic hydroxyl groups is 1. The number of phenolic OH excluding ortho intramolecular Hbond substituents is 1. The van der Waals surface area contributed by atoms with E-state index < -0.39 is 0 Å². The van der Waals surface area contributed by atoms with Gasteiger partial charge in [-0.25, -0.2) is 0 Å². The Morgan fingerprint density at radius 1 is 1.09 bits per heavy atom. The molecule has 3 nitrogen and oxygen atoms in total. The number of hydrogen-bond donors (Lipinski definition) is 1. The predicted molar refractivity (Wildman–Crippen MR) is 89.8 cm³/mol. The van der Waals surface area contributed by atoms with Gasteiger partial charge in [-0.3, -0.25) is 0 Å². The summed E-state index contributed by atoms with van der Waals surface area (Å²) in [5, 5.41) is 11.5. The zero-order valence-corrected chi connectivity index (χ0v) is 13.3. The van der Waals surface area contributed by atoms with Crippen molar-refractivity contribution in [1.29, 1.82) is 0 Å². The van der Waals surface area contributed by atoms with Gasteiger partial charge in [0.2, 0.25) is 0 Å². The van der Waals surface area contributed by atoms with E-state index in [4.69, 9.17) is 16.3 Å². The topological polar surface area (TPSA) is 34.4 Å². The third kappa shape index (κ3) is 2.90. The minimum Gasteiger partial charge on any atom is -0.508 e. The van der Waals surface area contributed by atoms with Gasteiger partial charge >= 0.3 is 0 Å². The molecule has 4 heteroatoms. The first-order valence-electron chi connectivity index (χ1n) is 7.26. The second-order valence-electron chi connectivity index (χ2n) is 5.59. The molecular formula is C18H18ClNO2. The molecule has 0 aliphatic heterocycles. The van der Waals surface area contributed by atoms with E-state index >= 15 is 0 Å². The Kier molecular flexibility index (Phi) is 3.99. The van der Waals surface area contributed by atoms with Gasteiger partial charge in [-0.2, -0.15) is 0 Å². The Morgan fingerprint density at radius 2 is 1.82 bits per heavy atom. The van der Waals surface area contributed by atoms with Gasteiger partial charge in [0.05, 0.1) is 11.2 Å². The summed E-state index contributed by atoms with van der Waals surface area (Å²) in [4.78, 5) is 0. The third-order valence-electron chi connectivity index (χ3n) is 3.62. The first-order valence-corrected chi connectivity index (χ1v) is 7.63. The lowest BCUT2D eigenvalue weighted by Crippen LogP contribution is -2.08. The summed E-state index contributed by atoms with van der Waals surface area (Å²) in [7, 11) is 0. The highest BCUT2D eigenvalue weighted by Crippen LogP contribution is 2.28. The monoisotopic (exact) mass is 315 g/mol. The lowest BCUT2D eigenvalue weighted by Gasteiger charge is -2.15. The van der Waals surface area contributed by atoms with Gasteiger partial charge < -0.3 is 14.4 Å². The molecule has 1 N–H and O–H groups in total. The Hall–Kier alpha value is -2.13. The van der Waals surface area contributed by atoms with E-state index in [1.807, 2.05) is 30.3 Å². The fourth-order valence-electron chi connectivity index (χ4n) is 2.68. The van der Waals surface area contributed by atoms with Gasteiger partial charge in [0.15, 0.2) is 0 Å². The smallest absolute Gasteiger partial charge is 0.128 e. The van der Waals surface area contributed by atoms with Crippen LogP contribution in [0.4, 0.5) is 0 Å². The first-order chi connectivity index (χ1) is 10.5. The zero-order valence-electron chi connectivity index (χ0n) is 12.6. The van der Waals surface area contributed by atoms with E-state index in [-0.39, 0.29) is 11.8 Å². The molecule has 114 valence electrons. The van der Waals surface area contributed by atoms with Crippen LogP contribution in [-0.2, 0) is 6.61 Å². The Balaban J connectivity index is 1.92. The molecule has 0 saturated heterocycles. The average Bonchev–Trinajstić information content (AvgIpc) is 2.84. The van der Waals surface area contributed by atoms with Gasteiger partial charge in [-0.05, 0) is 56.3 Å². The number of hydrogen-bond acceptors (Lipinski definition) is 2. The van der Waals surface area contributed by atoms with Crippen LogP contribution in [0.5, 0.6) is 11.5 Å². The Labute approximate surface area is 134 Å². The van der Waals surface area contributed by atoms with Crippen molar-refractivity contribution in [2.45, 2.75) is 26.5 Å². The SMILES string of the molecule is CC(C)n1c(COc2ccc(Cl)cc2)cc2ccc(O)cc21. The van der Waals surface area contributed by atoms with Crippen LogP contribution < -0.4 is 4.74 Å². The summed E-state index contributed by atoms with van der Waals surface area (Å²) in [6, 6.07) is 15.1. The lowest BCUT2D eigenvalue weighted by molar-refractivity contribution is 0.293. The van der Waals surface area contributed by atoms with Crippen molar-refractivity contribution < 1.29 is 9.84 Å². The predicted octanol–water partition coefficient (Wildman–Crippen LogP) is 5.16. The molecule has 0 unspecified atom stereocenters. The quantitative estimate of drug-likeness (QED) is 0.721. The Bertz CT molecular complexity index is 791. The summed E-state index contributed by atoms with van der Waals surface area (Å²) < 4.78 is 8.04. The van der Waals surface area contributed by atoms with Crippen LogP contribution >= 0.6 is 11.6 Å². The minimum atomic E-state index is 0.276. The minimum absolute atomic E-state index is 0.276. The lowest BCUT2D eigenvalue weighted by atomic mass is 10.2. The second kappa shape index (κ2) is 5.93. The zero-order chi connectivity index (χ0) is 15.7. The average molecular weight is 316 g/mol. The molecule has 0 atom stereocenters. The highest BCUT2D eigenvalue weighted by molar-refractivity contribution is 6.30. The van der Waals surface area contributed by atoms with Crippen molar-refractivity contribution in [3.05, 3.63) is 59.2 Å². The molecule has 2 aromatic carbocycles. The molecule has 3 rings (SSSR count). The number of fused-ring (bicyclic) bond motifs is 1. The molecule has 0 aliphatic rings. The van der Waals surface area contributed by atoms with Crippen molar-refractivity contribution in [2.75, 3.05) is 0 Å². The van der Waals surface area contributed by atoms with Crippen molar-refractivity contribution in [1.82, 2.24) is 4.57 Å². The standard InChI is InChI=1S/C18H18ClNO2/c1-12(2)20-15(9-13-3-6-16(21)10-18(13)20)11-22-17-7-4-14(19)5-8-17/h3-10,12,21H,11H2,1-2H3. The summed E-state index contributed by atoms with van der Waals surface area (Å²) in [5.74, 6) is 1.06. The normalized spacial score (nSPS) is 11.3. The van der Waals surface area contributed by atoms with E-state index in [1.54, 1.807) is 12.1 Å². The van der Waals surface area contributed by atoms with E-state index in [2.05, 4.69) is 24.5 Å². The summed E-state index contributed by atoms with van der Waals surface area (Å²) in [5.41, 5.74) is 2.09. The van der Waals surface area contributed by atoms with Crippen LogP contribution in [0, 0.1) is 0 Å². The largest absolute Gasteiger partial charge is 0.508 e.